The molecule has 0 aliphatic carbocycles. The molecule has 2 aliphatic heterocycles. The van der Waals surface area contributed by atoms with Gasteiger partial charge in [0.1, 0.15) is 16.4 Å². The molecule has 2 heterocycles. The molecule has 2 saturated heterocycles. The fraction of sp³-hybridized carbons (Fsp3) is 0.912. The lowest BCUT2D eigenvalue weighted by Gasteiger charge is -2.39. The number of carbonyl (C=O) groups excluding carboxylic acids is 3. The summed E-state index contributed by atoms with van der Waals surface area (Å²) in [6.45, 7) is 35.6. The number of nitrogens with one attached hydrogen (secondary N) is 1. The zero-order valence-electron chi connectivity index (χ0n) is 32.0. The first-order chi connectivity index (χ1) is 20.8. The number of rotatable bonds is 12. The van der Waals surface area contributed by atoms with E-state index in [1.165, 1.54) is 0 Å². The van der Waals surface area contributed by atoms with Gasteiger partial charge in [-0.1, -0.05) is 41.5 Å². The molecule has 0 aromatic carbocycles. The molecule has 2 rings (SSSR count). The van der Waals surface area contributed by atoms with Gasteiger partial charge in [0.2, 0.25) is 0 Å². The highest BCUT2D eigenvalue weighted by Gasteiger charge is 2.49. The van der Waals surface area contributed by atoms with E-state index in [-0.39, 0.29) is 34.5 Å². The Morgan fingerprint density at radius 1 is 0.739 bits per heavy atom. The van der Waals surface area contributed by atoms with E-state index in [9.17, 15) is 14.4 Å². The lowest BCUT2D eigenvalue weighted by atomic mass is 9.88. The van der Waals surface area contributed by atoms with E-state index in [0.717, 1.165) is 13.0 Å². The van der Waals surface area contributed by atoms with Crippen molar-refractivity contribution < 1.29 is 37.4 Å². The van der Waals surface area contributed by atoms with Crippen LogP contribution in [0, 0.1) is 10.8 Å². The van der Waals surface area contributed by atoms with Crippen molar-refractivity contribution in [1.82, 2.24) is 10.2 Å². The summed E-state index contributed by atoms with van der Waals surface area (Å²) < 4.78 is 28.6. The van der Waals surface area contributed by atoms with Crippen molar-refractivity contribution in [3.63, 3.8) is 0 Å². The van der Waals surface area contributed by atoms with Gasteiger partial charge < -0.3 is 28.4 Å². The molecule has 0 saturated carbocycles. The Kier molecular flexibility index (Phi) is 15.2. The highest BCUT2D eigenvalue weighted by molar-refractivity contribution is 6.74. The Balaban J connectivity index is 0.000000489. The Morgan fingerprint density at radius 3 is 1.59 bits per heavy atom. The van der Waals surface area contributed by atoms with Crippen molar-refractivity contribution in [2.45, 2.75) is 131 Å². The number of carbonyl (C=O) groups is 3. The van der Waals surface area contributed by atoms with Gasteiger partial charge in [-0.3, -0.25) is 19.3 Å². The van der Waals surface area contributed by atoms with Crippen molar-refractivity contribution in [3.8, 4) is 0 Å². The van der Waals surface area contributed by atoms with E-state index in [4.69, 9.17) is 23.1 Å². The van der Waals surface area contributed by atoms with Crippen molar-refractivity contribution >= 4 is 34.5 Å². The SMILES string of the molecule is CCOC(=O)C1(CO[Si](C)(C)C(C)(C)C)CCN(CC(=O)OC(C)(C)C)C1.CCOC(=O)C1(CO[Si](C)(C)C(C)(C)C)CCNC1. The first-order valence-electron chi connectivity index (χ1n) is 17.0. The van der Waals surface area contributed by atoms with E-state index in [0.29, 0.717) is 52.5 Å². The van der Waals surface area contributed by atoms with Gasteiger partial charge in [-0.2, -0.15) is 0 Å². The van der Waals surface area contributed by atoms with Crippen LogP contribution < -0.4 is 5.32 Å². The van der Waals surface area contributed by atoms with Crippen LogP contribution >= 0.6 is 0 Å². The Hall–Kier alpha value is -1.32. The lowest BCUT2D eigenvalue weighted by molar-refractivity contribution is -0.159. The third-order valence-electron chi connectivity index (χ3n) is 9.90. The quantitative estimate of drug-likeness (QED) is 0.145. The fourth-order valence-corrected chi connectivity index (χ4v) is 6.87. The van der Waals surface area contributed by atoms with Gasteiger partial charge in [0.25, 0.3) is 0 Å². The number of likely N-dealkylation sites (tertiary alicyclic amines) is 1. The van der Waals surface area contributed by atoms with Gasteiger partial charge in [0.05, 0.1) is 33.0 Å². The average molecular weight is 689 g/mol. The smallest absolute Gasteiger partial charge is 0.320 e. The molecule has 2 aliphatic rings. The van der Waals surface area contributed by atoms with Gasteiger partial charge in [0, 0.05) is 19.6 Å². The summed E-state index contributed by atoms with van der Waals surface area (Å²) in [5, 5.41) is 3.49. The number of ether oxygens (including phenoxy) is 3. The largest absolute Gasteiger partial charge is 0.465 e. The Labute approximate surface area is 282 Å². The van der Waals surface area contributed by atoms with E-state index in [1.807, 2.05) is 39.5 Å². The second-order valence-electron chi connectivity index (χ2n) is 17.1. The summed E-state index contributed by atoms with van der Waals surface area (Å²) in [5.41, 5.74) is -1.71. The summed E-state index contributed by atoms with van der Waals surface area (Å²) in [4.78, 5) is 39.1. The van der Waals surface area contributed by atoms with Crippen LogP contribution in [0.3, 0.4) is 0 Å². The summed E-state index contributed by atoms with van der Waals surface area (Å²) in [5.74, 6) is -0.610. The third-order valence-corrected chi connectivity index (χ3v) is 18.9. The molecular formula is C34H68N2O8Si2. The molecule has 12 heteroatoms. The van der Waals surface area contributed by atoms with Crippen LogP contribution in [-0.2, 0) is 37.4 Å². The normalized spacial score (nSPS) is 23.0. The van der Waals surface area contributed by atoms with Crippen LogP contribution in [0.2, 0.25) is 36.3 Å². The predicted molar refractivity (Wildman–Crippen MR) is 189 cm³/mol. The standard InChI is InChI=1S/C20H39NO5Si.C14H29NO3Si/c1-10-24-17(23)20(15-25-27(8,9)19(5,6)7)11-12-21(14-20)13-16(22)26-18(2,3)4;1-7-17-12(16)14(8-9-15-10-14)11-18-19(5,6)13(2,3)4/h10-15H2,1-9H3;15H,7-11H2,1-6H3. The van der Waals surface area contributed by atoms with E-state index >= 15 is 0 Å². The molecule has 10 nitrogen and oxygen atoms in total. The molecule has 0 aromatic rings. The molecule has 0 bridgehead atoms. The minimum atomic E-state index is -1.99. The second-order valence-corrected chi connectivity index (χ2v) is 26.7. The highest BCUT2D eigenvalue weighted by Crippen LogP contribution is 2.41. The van der Waals surface area contributed by atoms with Crippen molar-refractivity contribution in [2.75, 3.05) is 59.2 Å². The van der Waals surface area contributed by atoms with Crippen LogP contribution in [0.1, 0.15) is 89.0 Å². The van der Waals surface area contributed by atoms with Crippen LogP contribution in [0.25, 0.3) is 0 Å². The second kappa shape index (κ2) is 16.4. The molecule has 0 radical (unpaired) electrons. The highest BCUT2D eigenvalue weighted by atomic mass is 28.4. The van der Waals surface area contributed by atoms with E-state index in [1.54, 1.807) is 0 Å². The summed E-state index contributed by atoms with van der Waals surface area (Å²) in [6.07, 6.45) is 1.43. The molecule has 0 spiro atoms. The Morgan fingerprint density at radius 2 is 1.20 bits per heavy atom. The zero-order valence-corrected chi connectivity index (χ0v) is 34.0. The fourth-order valence-electron chi connectivity index (χ4n) is 4.73. The van der Waals surface area contributed by atoms with Crippen molar-refractivity contribution in [3.05, 3.63) is 0 Å². The van der Waals surface area contributed by atoms with E-state index < -0.39 is 33.1 Å². The number of esters is 3. The molecule has 46 heavy (non-hydrogen) atoms. The first-order valence-corrected chi connectivity index (χ1v) is 22.9. The minimum Gasteiger partial charge on any atom is -0.465 e. The van der Waals surface area contributed by atoms with Gasteiger partial charge in [-0.25, -0.2) is 0 Å². The molecule has 270 valence electrons. The topological polar surface area (TPSA) is 113 Å². The van der Waals surface area contributed by atoms with Crippen LogP contribution in [0.4, 0.5) is 0 Å². The van der Waals surface area contributed by atoms with E-state index in [2.05, 4.69) is 73.0 Å². The van der Waals surface area contributed by atoms with Crippen LogP contribution in [-0.4, -0.2) is 104 Å². The van der Waals surface area contributed by atoms with Gasteiger partial charge >= 0.3 is 17.9 Å². The maximum Gasteiger partial charge on any atom is 0.320 e. The van der Waals surface area contributed by atoms with Crippen molar-refractivity contribution in [1.29, 1.82) is 0 Å². The zero-order chi connectivity index (χ0) is 35.8. The minimum absolute atomic E-state index is 0.0671. The van der Waals surface area contributed by atoms with Crippen LogP contribution in [0.5, 0.6) is 0 Å². The lowest BCUT2D eigenvalue weighted by Crippen LogP contribution is -2.48. The molecule has 2 fully saturated rings. The first kappa shape index (κ1) is 42.7. The maximum atomic E-state index is 12.8. The number of hydrogen-bond acceptors (Lipinski definition) is 10. The number of hydrogen-bond donors (Lipinski definition) is 1. The summed E-state index contributed by atoms with van der Waals surface area (Å²) >= 11 is 0. The number of nitrogens with zero attached hydrogens (tertiary/aromatic N) is 1. The van der Waals surface area contributed by atoms with Crippen molar-refractivity contribution in [2.24, 2.45) is 10.8 Å². The average Bonchev–Trinajstić information content (AvgIpc) is 3.53. The molecular weight excluding hydrogens is 621 g/mol. The monoisotopic (exact) mass is 688 g/mol. The predicted octanol–water partition coefficient (Wildman–Crippen LogP) is 6.16. The summed E-state index contributed by atoms with van der Waals surface area (Å²) in [6, 6.07) is 0. The molecule has 2 atom stereocenters. The van der Waals surface area contributed by atoms with Gasteiger partial charge in [-0.05, 0) is 90.3 Å². The van der Waals surface area contributed by atoms with Gasteiger partial charge in [0.15, 0.2) is 16.6 Å². The van der Waals surface area contributed by atoms with Gasteiger partial charge in [-0.15, -0.1) is 0 Å². The molecule has 1 N–H and O–H groups in total. The molecule has 0 aromatic heterocycles. The Bertz CT molecular complexity index is 1010. The summed E-state index contributed by atoms with van der Waals surface area (Å²) in [7, 11) is -3.82. The maximum absolute atomic E-state index is 12.8. The third kappa shape index (κ3) is 12.3. The molecule has 0 amide bonds. The van der Waals surface area contributed by atoms with Crippen LogP contribution in [0.15, 0.2) is 0 Å². The molecule has 2 unspecified atom stereocenters.